The molecule has 0 bridgehead atoms. The largest absolute Gasteiger partial charge is 0.476 e. The quantitative estimate of drug-likeness (QED) is 0.536. The van der Waals surface area contributed by atoms with Gasteiger partial charge in [0, 0.05) is 12.8 Å². The van der Waals surface area contributed by atoms with E-state index in [-0.39, 0.29) is 40.3 Å². The van der Waals surface area contributed by atoms with Gasteiger partial charge in [0.05, 0.1) is 28.5 Å². The Kier molecular flexibility index (Phi) is 6.16. The Morgan fingerprint density at radius 3 is 2.43 bits per heavy atom. The van der Waals surface area contributed by atoms with Crippen LogP contribution in [-0.2, 0) is 19.4 Å². The van der Waals surface area contributed by atoms with Gasteiger partial charge < -0.3 is 10.4 Å². The topological polar surface area (TPSA) is 143 Å². The summed E-state index contributed by atoms with van der Waals surface area (Å²) in [6, 6.07) is 5.24. The highest BCUT2D eigenvalue weighted by Gasteiger charge is 2.41. The minimum atomic E-state index is -3.36. The average Bonchev–Trinajstić information content (AvgIpc) is 3.75. The van der Waals surface area contributed by atoms with E-state index in [4.69, 9.17) is 5.11 Å². The summed E-state index contributed by atoms with van der Waals surface area (Å²) in [7, 11) is -3.36. The van der Waals surface area contributed by atoms with Crippen LogP contribution in [0, 0.1) is 5.92 Å². The molecule has 184 valence electrons. The number of aromatic nitrogens is 2. The Balaban J connectivity index is 1.45. The van der Waals surface area contributed by atoms with E-state index in [0.29, 0.717) is 42.6 Å². The molecule has 1 aromatic heterocycles. The molecule has 3 aliphatic carbocycles. The first kappa shape index (κ1) is 23.6. The number of carboxylic acid groups (broad SMARTS) is 1. The summed E-state index contributed by atoms with van der Waals surface area (Å²) in [6.07, 6.45) is 7.62. The average molecular weight is 498 g/mol. The van der Waals surface area contributed by atoms with Gasteiger partial charge in [-0.25, -0.2) is 23.2 Å². The molecule has 1 aromatic carbocycles. The lowest BCUT2D eigenvalue weighted by Gasteiger charge is -2.22. The first-order chi connectivity index (χ1) is 16.7. The Morgan fingerprint density at radius 2 is 1.86 bits per heavy atom. The lowest BCUT2D eigenvalue weighted by molar-refractivity contribution is -0.119. The number of hydrogen-bond donors (Lipinski definition) is 2. The number of nitrogens with one attached hydrogen (secondary N) is 1. The van der Waals surface area contributed by atoms with Crippen LogP contribution < -0.4 is 5.32 Å². The van der Waals surface area contributed by atoms with Gasteiger partial charge in [0.25, 0.3) is 0 Å². The van der Waals surface area contributed by atoms with Gasteiger partial charge in [-0.1, -0.05) is 12.1 Å². The number of carbonyl (C=O) groups excluding carboxylic acids is 2. The summed E-state index contributed by atoms with van der Waals surface area (Å²) < 4.78 is 26.0. The fourth-order valence-electron chi connectivity index (χ4n) is 4.85. The van der Waals surface area contributed by atoms with Crippen molar-refractivity contribution >= 4 is 33.3 Å². The van der Waals surface area contributed by atoms with E-state index in [9.17, 15) is 22.8 Å². The number of anilines is 1. The number of ketones is 1. The molecule has 3 saturated carbocycles. The van der Waals surface area contributed by atoms with Crippen molar-refractivity contribution in [2.75, 3.05) is 5.32 Å². The van der Waals surface area contributed by atoms with Crippen LogP contribution in [0.15, 0.2) is 35.5 Å². The summed E-state index contributed by atoms with van der Waals surface area (Å²) in [6.45, 7) is 0. The molecule has 2 N–H and O–H groups in total. The van der Waals surface area contributed by atoms with Gasteiger partial charge in [0.15, 0.2) is 21.3 Å². The van der Waals surface area contributed by atoms with Crippen molar-refractivity contribution in [3.05, 3.63) is 47.4 Å². The fraction of sp³-hybridized carbons (Fsp3) is 0.480. The van der Waals surface area contributed by atoms with E-state index in [1.807, 2.05) is 6.07 Å². The van der Waals surface area contributed by atoms with Crippen molar-refractivity contribution < 1.29 is 27.9 Å². The minimum absolute atomic E-state index is 0.0676. The molecule has 0 radical (unpaired) electrons. The third-order valence-corrected chi connectivity index (χ3v) is 9.41. The highest BCUT2D eigenvalue weighted by atomic mass is 32.2. The molecule has 0 saturated heterocycles. The number of carboxylic acids is 1. The zero-order chi connectivity index (χ0) is 24.7. The summed E-state index contributed by atoms with van der Waals surface area (Å²) >= 11 is 0. The number of nitrogens with zero attached hydrogens (tertiary/aromatic N) is 2. The number of hydrogen-bond acceptors (Lipinski definition) is 7. The van der Waals surface area contributed by atoms with Crippen LogP contribution >= 0.6 is 0 Å². The maximum Gasteiger partial charge on any atom is 0.356 e. The minimum Gasteiger partial charge on any atom is -0.476 e. The molecule has 3 aliphatic rings. The van der Waals surface area contributed by atoms with E-state index in [2.05, 4.69) is 15.3 Å². The SMILES string of the molecule is O=C1CC[C@H](C[C@@H](C(=O)Nc2cnc(C(=O)O)cn2)c2ccc(S(=O)(=O)C3CC3)c(C3CC3)c2)C1. The van der Waals surface area contributed by atoms with Gasteiger partial charge in [-0.15, -0.1) is 0 Å². The van der Waals surface area contributed by atoms with Crippen molar-refractivity contribution in [2.24, 2.45) is 5.92 Å². The molecular formula is C25H27N3O6S. The van der Waals surface area contributed by atoms with Crippen LogP contribution in [0.3, 0.4) is 0 Å². The maximum absolute atomic E-state index is 13.4. The molecule has 2 aromatic rings. The molecule has 10 heteroatoms. The molecule has 0 aliphatic heterocycles. The van der Waals surface area contributed by atoms with Crippen LogP contribution in [0.25, 0.3) is 0 Å². The van der Waals surface area contributed by atoms with Crippen molar-refractivity contribution in [3.8, 4) is 0 Å². The first-order valence-electron chi connectivity index (χ1n) is 12.0. The first-order valence-corrected chi connectivity index (χ1v) is 13.5. The van der Waals surface area contributed by atoms with E-state index >= 15 is 0 Å². The van der Waals surface area contributed by atoms with E-state index < -0.39 is 21.7 Å². The van der Waals surface area contributed by atoms with Gasteiger partial charge in [-0.05, 0) is 67.6 Å². The fourth-order valence-corrected chi connectivity index (χ4v) is 6.78. The molecule has 0 spiro atoms. The number of Topliss-reactive ketones (excluding diaryl/α,β-unsaturated/α-hetero) is 1. The second-order valence-corrected chi connectivity index (χ2v) is 12.0. The lowest BCUT2D eigenvalue weighted by Crippen LogP contribution is -2.24. The maximum atomic E-state index is 13.4. The highest BCUT2D eigenvalue weighted by molar-refractivity contribution is 7.92. The normalized spacial score (nSPS) is 21.0. The van der Waals surface area contributed by atoms with Crippen LogP contribution in [0.2, 0.25) is 0 Å². The summed E-state index contributed by atoms with van der Waals surface area (Å²) in [4.78, 5) is 44.4. The van der Waals surface area contributed by atoms with Gasteiger partial charge in [0.2, 0.25) is 5.91 Å². The van der Waals surface area contributed by atoms with Crippen LogP contribution in [0.4, 0.5) is 5.82 Å². The zero-order valence-electron chi connectivity index (χ0n) is 19.1. The molecule has 35 heavy (non-hydrogen) atoms. The van der Waals surface area contributed by atoms with Crippen molar-refractivity contribution in [2.45, 2.75) is 73.3 Å². The van der Waals surface area contributed by atoms with E-state index in [1.54, 1.807) is 12.1 Å². The molecule has 5 rings (SSSR count). The number of sulfone groups is 1. The second-order valence-electron chi connectivity index (χ2n) is 9.83. The monoisotopic (exact) mass is 497 g/mol. The van der Waals surface area contributed by atoms with Crippen molar-refractivity contribution in [3.63, 3.8) is 0 Å². The third kappa shape index (κ3) is 5.12. The number of rotatable bonds is 9. The molecule has 9 nitrogen and oxygen atoms in total. The summed E-state index contributed by atoms with van der Waals surface area (Å²) in [5.74, 6) is -1.60. The summed E-state index contributed by atoms with van der Waals surface area (Å²) in [5.41, 5.74) is 1.28. The molecular weight excluding hydrogens is 470 g/mol. The Bertz CT molecular complexity index is 1280. The Labute approximate surface area is 203 Å². The number of benzene rings is 1. The molecule has 1 amide bonds. The highest BCUT2D eigenvalue weighted by Crippen LogP contribution is 2.47. The Hall–Kier alpha value is -3.14. The van der Waals surface area contributed by atoms with Gasteiger partial charge in [-0.3, -0.25) is 9.59 Å². The van der Waals surface area contributed by atoms with E-state index in [0.717, 1.165) is 31.0 Å². The van der Waals surface area contributed by atoms with Crippen LogP contribution in [-0.4, -0.2) is 46.4 Å². The number of aromatic carboxylic acids is 1. The van der Waals surface area contributed by atoms with Gasteiger partial charge in [0.1, 0.15) is 5.78 Å². The number of carbonyl (C=O) groups is 3. The zero-order valence-corrected chi connectivity index (χ0v) is 20.0. The van der Waals surface area contributed by atoms with Crippen molar-refractivity contribution in [1.82, 2.24) is 9.97 Å². The standard InChI is InChI=1S/C25H27N3O6S/c29-17-5-1-14(9-17)10-20(24(30)28-23-13-26-21(12-27-23)25(31)32)16-4-8-22(19(11-16)15-2-3-15)35(33,34)18-6-7-18/h4,8,11-15,18,20H,1-3,5-7,9-10H2,(H,31,32)(H,27,28,30)/t14-,20+/m0/s1. The summed E-state index contributed by atoms with van der Waals surface area (Å²) in [5, 5.41) is 11.4. The third-order valence-electron chi connectivity index (χ3n) is 7.08. The Morgan fingerprint density at radius 1 is 1.09 bits per heavy atom. The second kappa shape index (κ2) is 9.14. The van der Waals surface area contributed by atoms with Crippen molar-refractivity contribution in [1.29, 1.82) is 0 Å². The predicted octanol–water partition coefficient (Wildman–Crippen LogP) is 3.47. The molecule has 1 heterocycles. The van der Waals surface area contributed by atoms with Crippen LogP contribution in [0.5, 0.6) is 0 Å². The molecule has 2 atom stereocenters. The van der Waals surface area contributed by atoms with Gasteiger partial charge in [-0.2, -0.15) is 0 Å². The predicted molar refractivity (Wildman–Crippen MR) is 126 cm³/mol. The molecule has 0 unspecified atom stereocenters. The lowest BCUT2D eigenvalue weighted by atomic mass is 9.86. The van der Waals surface area contributed by atoms with Crippen LogP contribution in [0.1, 0.15) is 84.8 Å². The number of amides is 1. The smallest absolute Gasteiger partial charge is 0.356 e. The van der Waals surface area contributed by atoms with E-state index in [1.165, 1.54) is 6.20 Å². The van der Waals surface area contributed by atoms with Gasteiger partial charge >= 0.3 is 5.97 Å². The molecule has 3 fully saturated rings.